The summed E-state index contributed by atoms with van der Waals surface area (Å²) < 4.78 is 12.7. The van der Waals surface area contributed by atoms with Gasteiger partial charge in [0.1, 0.15) is 0 Å². The molecule has 0 aliphatic rings. The van der Waals surface area contributed by atoms with Gasteiger partial charge < -0.3 is 15.5 Å². The Labute approximate surface area is 80.0 Å². The minimum atomic E-state index is -0.955. The topological polar surface area (TPSA) is 69.6 Å². The van der Waals surface area contributed by atoms with Gasteiger partial charge in [-0.3, -0.25) is 4.79 Å². The third-order valence-electron chi connectivity index (χ3n) is 1.74. The first-order chi connectivity index (χ1) is 6.57. The lowest BCUT2D eigenvalue weighted by Crippen LogP contribution is -2.18. The third-order valence-corrected chi connectivity index (χ3v) is 1.74. The number of likely N-dealkylation sites (N-methyl/N-ethyl adjacent to an activating group) is 1. The van der Waals surface area contributed by atoms with Gasteiger partial charge in [0.2, 0.25) is 0 Å². The highest BCUT2D eigenvalue weighted by atomic mass is 19.1. The molecule has 0 saturated heterocycles. The summed E-state index contributed by atoms with van der Waals surface area (Å²) in [5.74, 6) is -2.99. The van der Waals surface area contributed by atoms with Crippen molar-refractivity contribution in [1.29, 1.82) is 0 Å². The zero-order valence-electron chi connectivity index (χ0n) is 7.54. The molecule has 1 rings (SSSR count). The SMILES string of the molecule is CNCC(=O)c1ccc(F)c(O)c1O. The number of phenolic OH excluding ortho intramolecular Hbond substituents is 2. The highest BCUT2D eigenvalue weighted by Gasteiger charge is 2.16. The molecule has 0 bridgehead atoms. The maximum absolute atomic E-state index is 12.7. The summed E-state index contributed by atoms with van der Waals surface area (Å²) >= 11 is 0. The van der Waals surface area contributed by atoms with Crippen LogP contribution in [-0.4, -0.2) is 29.6 Å². The van der Waals surface area contributed by atoms with Crippen LogP contribution in [0.5, 0.6) is 11.5 Å². The van der Waals surface area contributed by atoms with E-state index in [1.807, 2.05) is 0 Å². The molecular weight excluding hydrogens is 189 g/mol. The minimum Gasteiger partial charge on any atom is -0.504 e. The summed E-state index contributed by atoms with van der Waals surface area (Å²) in [4.78, 5) is 11.3. The number of phenols is 2. The standard InChI is InChI=1S/C9H10FNO3/c1-11-4-7(12)5-2-3-6(10)9(14)8(5)13/h2-3,11,13-14H,4H2,1H3. The van der Waals surface area contributed by atoms with Gasteiger partial charge >= 0.3 is 0 Å². The first-order valence-corrected chi connectivity index (χ1v) is 3.96. The number of Topliss-reactive ketones (excluding diaryl/α,β-unsaturated/α-hetero) is 1. The van der Waals surface area contributed by atoms with Crippen molar-refractivity contribution < 1.29 is 19.4 Å². The van der Waals surface area contributed by atoms with E-state index in [0.717, 1.165) is 12.1 Å². The molecule has 3 N–H and O–H groups in total. The monoisotopic (exact) mass is 199 g/mol. The Kier molecular flexibility index (Phi) is 3.03. The summed E-state index contributed by atoms with van der Waals surface area (Å²) in [5, 5.41) is 20.8. The largest absolute Gasteiger partial charge is 0.504 e. The molecule has 0 heterocycles. The number of halogens is 1. The highest BCUT2D eigenvalue weighted by Crippen LogP contribution is 2.31. The molecule has 0 aliphatic heterocycles. The van der Waals surface area contributed by atoms with E-state index in [9.17, 15) is 14.3 Å². The number of hydrogen-bond acceptors (Lipinski definition) is 4. The van der Waals surface area contributed by atoms with Crippen molar-refractivity contribution in [3.05, 3.63) is 23.5 Å². The fourth-order valence-corrected chi connectivity index (χ4v) is 1.04. The molecule has 14 heavy (non-hydrogen) atoms. The van der Waals surface area contributed by atoms with Crippen LogP contribution in [0.2, 0.25) is 0 Å². The van der Waals surface area contributed by atoms with Crippen molar-refractivity contribution in [2.75, 3.05) is 13.6 Å². The number of ketones is 1. The van der Waals surface area contributed by atoms with Crippen molar-refractivity contribution in [1.82, 2.24) is 5.32 Å². The van der Waals surface area contributed by atoms with Crippen LogP contribution < -0.4 is 5.32 Å². The third kappa shape index (κ3) is 1.82. The number of aromatic hydroxyl groups is 2. The summed E-state index contributed by atoms with van der Waals surface area (Å²) in [7, 11) is 1.57. The molecule has 4 nitrogen and oxygen atoms in total. The molecule has 0 radical (unpaired) electrons. The van der Waals surface area contributed by atoms with Crippen LogP contribution >= 0.6 is 0 Å². The van der Waals surface area contributed by atoms with Crippen molar-refractivity contribution in [2.24, 2.45) is 0 Å². The van der Waals surface area contributed by atoms with Crippen LogP contribution in [0.1, 0.15) is 10.4 Å². The average Bonchev–Trinajstić information content (AvgIpc) is 2.15. The predicted molar refractivity (Wildman–Crippen MR) is 48.0 cm³/mol. The van der Waals surface area contributed by atoms with Gasteiger partial charge in [0.15, 0.2) is 23.1 Å². The zero-order chi connectivity index (χ0) is 10.7. The molecule has 1 aromatic carbocycles. The Bertz CT molecular complexity index is 365. The molecule has 0 unspecified atom stereocenters. The summed E-state index contributed by atoms with van der Waals surface area (Å²) in [6, 6.07) is 2.06. The number of carbonyl (C=O) groups excluding carboxylic acids is 1. The Morgan fingerprint density at radius 1 is 1.43 bits per heavy atom. The van der Waals surface area contributed by atoms with Gasteiger partial charge in [-0.2, -0.15) is 0 Å². The number of carbonyl (C=O) groups is 1. The van der Waals surface area contributed by atoms with Gasteiger partial charge in [-0.25, -0.2) is 4.39 Å². The zero-order valence-corrected chi connectivity index (χ0v) is 7.54. The molecule has 0 aromatic heterocycles. The second-order valence-corrected chi connectivity index (χ2v) is 2.75. The van der Waals surface area contributed by atoms with Crippen molar-refractivity contribution in [3.8, 4) is 11.5 Å². The molecule has 0 atom stereocenters. The van der Waals surface area contributed by atoms with Gasteiger partial charge in [0.25, 0.3) is 0 Å². The van der Waals surface area contributed by atoms with E-state index in [-0.39, 0.29) is 12.1 Å². The summed E-state index contributed by atoms with van der Waals surface area (Å²) in [6.45, 7) is 0.0125. The van der Waals surface area contributed by atoms with E-state index < -0.39 is 23.1 Å². The summed E-state index contributed by atoms with van der Waals surface area (Å²) in [6.07, 6.45) is 0. The molecular formula is C9H10FNO3. The molecule has 1 aromatic rings. The van der Waals surface area contributed by atoms with Gasteiger partial charge in [0.05, 0.1) is 12.1 Å². The fourth-order valence-electron chi connectivity index (χ4n) is 1.04. The second-order valence-electron chi connectivity index (χ2n) is 2.75. The number of rotatable bonds is 3. The van der Waals surface area contributed by atoms with E-state index in [0.29, 0.717) is 0 Å². The number of nitrogens with one attached hydrogen (secondary N) is 1. The quantitative estimate of drug-likeness (QED) is 0.493. The summed E-state index contributed by atoms with van der Waals surface area (Å²) in [5.41, 5.74) is -0.0988. The van der Waals surface area contributed by atoms with Crippen LogP contribution in [0.3, 0.4) is 0 Å². The Hall–Kier alpha value is -1.62. The van der Waals surface area contributed by atoms with Crippen LogP contribution in [0.15, 0.2) is 12.1 Å². The first kappa shape index (κ1) is 10.5. The van der Waals surface area contributed by atoms with Gasteiger partial charge in [-0.05, 0) is 19.2 Å². The van der Waals surface area contributed by atoms with Crippen LogP contribution in [0.25, 0.3) is 0 Å². The van der Waals surface area contributed by atoms with Crippen LogP contribution in [-0.2, 0) is 0 Å². The maximum Gasteiger partial charge on any atom is 0.194 e. The molecule has 0 spiro atoms. The van der Waals surface area contributed by atoms with Crippen molar-refractivity contribution in [2.45, 2.75) is 0 Å². The smallest absolute Gasteiger partial charge is 0.194 e. The van der Waals surface area contributed by atoms with Crippen molar-refractivity contribution >= 4 is 5.78 Å². The van der Waals surface area contributed by atoms with E-state index >= 15 is 0 Å². The average molecular weight is 199 g/mol. The second kappa shape index (κ2) is 4.06. The normalized spacial score (nSPS) is 10.1. The lowest BCUT2D eigenvalue weighted by molar-refractivity contribution is 0.0990. The van der Waals surface area contributed by atoms with Gasteiger partial charge in [-0.1, -0.05) is 0 Å². The first-order valence-electron chi connectivity index (χ1n) is 3.96. The van der Waals surface area contributed by atoms with E-state index in [1.165, 1.54) is 0 Å². The van der Waals surface area contributed by atoms with E-state index in [2.05, 4.69) is 5.32 Å². The highest BCUT2D eigenvalue weighted by molar-refractivity contribution is 6.00. The Morgan fingerprint density at radius 3 is 2.64 bits per heavy atom. The number of benzene rings is 1. The fraction of sp³-hybridized carbons (Fsp3) is 0.222. The van der Waals surface area contributed by atoms with E-state index in [1.54, 1.807) is 7.05 Å². The van der Waals surface area contributed by atoms with Crippen molar-refractivity contribution in [3.63, 3.8) is 0 Å². The maximum atomic E-state index is 12.7. The molecule has 76 valence electrons. The molecule has 0 fully saturated rings. The van der Waals surface area contributed by atoms with Crippen LogP contribution in [0.4, 0.5) is 4.39 Å². The number of hydrogen-bond donors (Lipinski definition) is 3. The van der Waals surface area contributed by atoms with Gasteiger partial charge in [0, 0.05) is 0 Å². The van der Waals surface area contributed by atoms with E-state index in [4.69, 9.17) is 5.11 Å². The Balaban J connectivity index is 3.11. The predicted octanol–water partition coefficient (Wildman–Crippen LogP) is 0.639. The van der Waals surface area contributed by atoms with Gasteiger partial charge in [-0.15, -0.1) is 0 Å². The molecule has 0 amide bonds. The molecule has 0 aliphatic carbocycles. The molecule has 5 heteroatoms. The molecule has 0 saturated carbocycles. The minimum absolute atomic E-state index is 0.0125. The lowest BCUT2D eigenvalue weighted by atomic mass is 10.1. The van der Waals surface area contributed by atoms with Crippen LogP contribution in [0, 0.1) is 5.82 Å². The lowest BCUT2D eigenvalue weighted by Gasteiger charge is -2.05. The Morgan fingerprint density at radius 2 is 2.07 bits per heavy atom.